The predicted molar refractivity (Wildman–Crippen MR) is 168 cm³/mol. The lowest BCUT2D eigenvalue weighted by atomic mass is 9.98. The fraction of sp³-hybridized carbons (Fsp3) is 0.0909. The summed E-state index contributed by atoms with van der Waals surface area (Å²) in [6.45, 7) is 2.56. The minimum Gasteiger partial charge on any atom is -0.490 e. The molecule has 0 aliphatic carbocycles. The van der Waals surface area contributed by atoms with E-state index in [2.05, 4.69) is 27.0 Å². The zero-order valence-corrected chi connectivity index (χ0v) is 25.0. The third kappa shape index (κ3) is 6.49. The van der Waals surface area contributed by atoms with Crippen molar-refractivity contribution in [3.63, 3.8) is 0 Å². The molecule has 0 aliphatic rings. The molecule has 0 amide bonds. The predicted octanol–water partition coefficient (Wildman–Crippen LogP) is 10.3. The molecule has 1 heterocycles. The first-order chi connectivity index (χ1) is 20.0. The van der Waals surface area contributed by atoms with Crippen LogP contribution >= 0.6 is 39.1 Å². The Morgan fingerprint density at radius 3 is 2.29 bits per heavy atom. The van der Waals surface area contributed by atoms with Crippen molar-refractivity contribution in [2.45, 2.75) is 13.5 Å². The Labute approximate surface area is 256 Å². The van der Waals surface area contributed by atoms with Crippen molar-refractivity contribution < 1.29 is 13.9 Å². The molecule has 0 saturated heterocycles. The zero-order valence-electron chi connectivity index (χ0n) is 21.9. The molecule has 0 saturated carbocycles. The van der Waals surface area contributed by atoms with Gasteiger partial charge in [-0.1, -0.05) is 89.9 Å². The van der Waals surface area contributed by atoms with Gasteiger partial charge in [-0.2, -0.15) is 5.26 Å². The lowest BCUT2D eigenvalue weighted by Crippen LogP contribution is -2.02. The molecule has 0 bridgehead atoms. The molecular formula is C33H23BrCl2N2O3. The first-order valence-electron chi connectivity index (χ1n) is 12.7. The Balaban J connectivity index is 1.50. The average Bonchev–Trinajstić information content (AvgIpc) is 3.36. The first-order valence-corrected chi connectivity index (χ1v) is 14.3. The first kappa shape index (κ1) is 28.5. The molecule has 5 nitrogen and oxygen atoms in total. The van der Waals surface area contributed by atoms with Crippen molar-refractivity contribution in [3.05, 3.63) is 122 Å². The Bertz CT molecular complexity index is 1750. The Hall–Kier alpha value is -4.02. The van der Waals surface area contributed by atoms with Crippen molar-refractivity contribution in [1.29, 1.82) is 5.26 Å². The van der Waals surface area contributed by atoms with Crippen LogP contribution in [0, 0.1) is 11.3 Å². The standard InChI is InChI=1S/C33H23BrCl2N2O3/c1-2-39-29-16-21(15-27(34)32(29)40-20-24-13-14-25(35)17-28(24)36)19-38-33-26(18-37)30(22-9-5-3-6-10-22)31(41-33)23-11-7-4-8-12-23/h3-17,19H,2,20H2,1H3. The van der Waals surface area contributed by atoms with Crippen molar-refractivity contribution in [3.8, 4) is 40.0 Å². The second-order valence-corrected chi connectivity index (χ2v) is 10.6. The van der Waals surface area contributed by atoms with Crippen molar-refractivity contribution in [2.75, 3.05) is 6.61 Å². The summed E-state index contributed by atoms with van der Waals surface area (Å²) in [5.74, 6) is 1.87. The quantitative estimate of drug-likeness (QED) is 0.150. The Morgan fingerprint density at radius 2 is 1.63 bits per heavy atom. The van der Waals surface area contributed by atoms with Crippen LogP contribution in [-0.4, -0.2) is 12.8 Å². The largest absolute Gasteiger partial charge is 0.490 e. The highest BCUT2D eigenvalue weighted by atomic mass is 79.9. The van der Waals surface area contributed by atoms with E-state index in [0.29, 0.717) is 49.5 Å². The van der Waals surface area contributed by atoms with E-state index in [9.17, 15) is 5.26 Å². The molecule has 41 heavy (non-hydrogen) atoms. The van der Waals surface area contributed by atoms with Crippen LogP contribution in [0.15, 0.2) is 105 Å². The summed E-state index contributed by atoms with van der Waals surface area (Å²) >= 11 is 15.9. The Morgan fingerprint density at radius 1 is 0.927 bits per heavy atom. The van der Waals surface area contributed by atoms with E-state index in [1.54, 1.807) is 18.3 Å². The number of nitrogens with zero attached hydrogens (tertiary/aromatic N) is 2. The third-order valence-corrected chi connectivity index (χ3v) is 7.33. The summed E-state index contributed by atoms with van der Waals surface area (Å²) in [6.07, 6.45) is 1.64. The highest BCUT2D eigenvalue weighted by molar-refractivity contribution is 9.10. The second-order valence-electron chi connectivity index (χ2n) is 8.88. The van der Waals surface area contributed by atoms with Crippen LogP contribution in [0.3, 0.4) is 0 Å². The van der Waals surface area contributed by atoms with Gasteiger partial charge in [0.05, 0.1) is 11.1 Å². The van der Waals surface area contributed by atoms with Gasteiger partial charge in [0.2, 0.25) is 5.88 Å². The van der Waals surface area contributed by atoms with Gasteiger partial charge >= 0.3 is 0 Å². The van der Waals surface area contributed by atoms with E-state index >= 15 is 0 Å². The van der Waals surface area contributed by atoms with Crippen LogP contribution in [0.1, 0.15) is 23.6 Å². The molecule has 204 valence electrons. The number of rotatable bonds is 9. The van der Waals surface area contributed by atoms with Gasteiger partial charge in [-0.05, 0) is 58.2 Å². The molecule has 1 aromatic heterocycles. The third-order valence-electron chi connectivity index (χ3n) is 6.15. The molecule has 0 aliphatic heterocycles. The molecule has 0 fully saturated rings. The monoisotopic (exact) mass is 644 g/mol. The maximum Gasteiger partial charge on any atom is 0.238 e. The van der Waals surface area contributed by atoms with Gasteiger partial charge in [0.25, 0.3) is 0 Å². The highest BCUT2D eigenvalue weighted by Crippen LogP contribution is 2.43. The van der Waals surface area contributed by atoms with Crippen LogP contribution in [0.25, 0.3) is 22.5 Å². The van der Waals surface area contributed by atoms with Crippen LogP contribution in [0.5, 0.6) is 11.5 Å². The summed E-state index contributed by atoms with van der Waals surface area (Å²) in [5, 5.41) is 11.2. The molecule has 0 atom stereocenters. The number of hydrogen-bond acceptors (Lipinski definition) is 5. The van der Waals surface area contributed by atoms with Crippen LogP contribution in [0.2, 0.25) is 10.0 Å². The molecule has 4 aromatic carbocycles. The minimum atomic E-state index is 0.219. The van der Waals surface area contributed by atoms with Gasteiger partial charge in [-0.15, -0.1) is 0 Å². The van der Waals surface area contributed by atoms with Gasteiger partial charge in [-0.25, -0.2) is 4.99 Å². The molecule has 0 N–H and O–H groups in total. The average molecular weight is 646 g/mol. The van der Waals surface area contributed by atoms with E-state index in [0.717, 1.165) is 22.3 Å². The van der Waals surface area contributed by atoms with Crippen LogP contribution in [-0.2, 0) is 6.61 Å². The van der Waals surface area contributed by atoms with Gasteiger partial charge in [0.1, 0.15) is 24.0 Å². The van der Waals surface area contributed by atoms with Gasteiger partial charge < -0.3 is 13.9 Å². The summed E-state index contributed by atoms with van der Waals surface area (Å²) in [5.41, 5.74) is 4.30. The smallest absolute Gasteiger partial charge is 0.238 e. The molecule has 0 radical (unpaired) electrons. The Kier molecular flexibility index (Phi) is 9.11. The minimum absolute atomic E-state index is 0.219. The number of nitriles is 1. The lowest BCUT2D eigenvalue weighted by Gasteiger charge is -2.15. The second kappa shape index (κ2) is 13.1. The summed E-state index contributed by atoms with van der Waals surface area (Å²) in [7, 11) is 0. The summed E-state index contributed by atoms with van der Waals surface area (Å²) < 4.78 is 18.9. The normalized spacial score (nSPS) is 11.0. The summed E-state index contributed by atoms with van der Waals surface area (Å²) in [4.78, 5) is 4.60. The van der Waals surface area contributed by atoms with Gasteiger partial charge in [0.15, 0.2) is 11.5 Å². The fourth-order valence-electron chi connectivity index (χ4n) is 4.27. The molecule has 5 aromatic rings. The molecule has 0 spiro atoms. The zero-order chi connectivity index (χ0) is 28.8. The van der Waals surface area contributed by atoms with Crippen LogP contribution < -0.4 is 9.47 Å². The number of ether oxygens (including phenoxy) is 2. The molecular weight excluding hydrogens is 623 g/mol. The van der Waals surface area contributed by atoms with Crippen molar-refractivity contribution >= 4 is 51.2 Å². The lowest BCUT2D eigenvalue weighted by molar-refractivity contribution is 0.267. The van der Waals surface area contributed by atoms with Gasteiger partial charge in [-0.3, -0.25) is 0 Å². The maximum atomic E-state index is 10.2. The molecule has 5 rings (SSSR count). The van der Waals surface area contributed by atoms with Crippen molar-refractivity contribution in [2.24, 2.45) is 4.99 Å². The van der Waals surface area contributed by atoms with Crippen molar-refractivity contribution in [1.82, 2.24) is 0 Å². The number of aliphatic imine (C=N–C) groups is 1. The fourth-order valence-corrected chi connectivity index (χ4v) is 5.31. The molecule has 0 unspecified atom stereocenters. The SMILES string of the molecule is CCOc1cc(C=Nc2oc(-c3ccccc3)c(-c3ccccc3)c2C#N)cc(Br)c1OCc1ccc(Cl)cc1Cl. The molecule has 8 heteroatoms. The number of halogens is 3. The number of hydrogen-bond donors (Lipinski definition) is 0. The van der Waals surface area contributed by atoms with E-state index in [4.69, 9.17) is 37.1 Å². The number of furan rings is 1. The summed E-state index contributed by atoms with van der Waals surface area (Å²) in [6, 6.07) is 30.6. The maximum absolute atomic E-state index is 10.2. The van der Waals surface area contributed by atoms with E-state index in [-0.39, 0.29) is 12.5 Å². The van der Waals surface area contributed by atoms with E-state index in [1.807, 2.05) is 85.8 Å². The van der Waals surface area contributed by atoms with E-state index < -0.39 is 0 Å². The van der Waals surface area contributed by atoms with Crippen LogP contribution in [0.4, 0.5) is 5.88 Å². The van der Waals surface area contributed by atoms with E-state index in [1.165, 1.54) is 0 Å². The highest BCUT2D eigenvalue weighted by Gasteiger charge is 2.22. The number of benzene rings is 4. The van der Waals surface area contributed by atoms with Gasteiger partial charge in [0, 0.05) is 33.0 Å². The topological polar surface area (TPSA) is 67.8 Å².